The van der Waals surface area contributed by atoms with Crippen molar-refractivity contribution >= 4 is 16.8 Å². The first-order valence-electron chi connectivity index (χ1n) is 4.54. The molecule has 3 aromatic heterocycles. The highest BCUT2D eigenvalue weighted by atomic mass is 15.1. The Balaban J connectivity index is 2.57. The fourth-order valence-corrected chi connectivity index (χ4v) is 1.64. The molecule has 0 saturated heterocycles. The largest absolute Gasteiger partial charge is 0.284 e. The molecule has 68 valence electrons. The maximum absolute atomic E-state index is 4.48. The van der Waals surface area contributed by atoms with Crippen LogP contribution in [-0.4, -0.2) is 14.4 Å². The standard InChI is InChI=1S/C11H9N3/c1-8-6-9-11(12-7-8)14-5-3-2-4-10(14)13-9/h2-7H,1H3. The molecule has 3 nitrogen and oxygen atoms in total. The van der Waals surface area contributed by atoms with Gasteiger partial charge >= 0.3 is 0 Å². The van der Waals surface area contributed by atoms with Crippen molar-refractivity contribution in [3.05, 3.63) is 42.2 Å². The van der Waals surface area contributed by atoms with E-state index >= 15 is 0 Å². The molecule has 0 saturated carbocycles. The molecular weight excluding hydrogens is 174 g/mol. The topological polar surface area (TPSA) is 30.2 Å². The highest BCUT2D eigenvalue weighted by Crippen LogP contribution is 2.14. The van der Waals surface area contributed by atoms with E-state index in [9.17, 15) is 0 Å². The van der Waals surface area contributed by atoms with Crippen LogP contribution in [0.2, 0.25) is 0 Å². The molecule has 0 amide bonds. The van der Waals surface area contributed by atoms with Gasteiger partial charge in [-0.25, -0.2) is 9.97 Å². The second-order valence-corrected chi connectivity index (χ2v) is 3.40. The van der Waals surface area contributed by atoms with Crippen molar-refractivity contribution in [1.82, 2.24) is 14.4 Å². The van der Waals surface area contributed by atoms with Crippen molar-refractivity contribution < 1.29 is 0 Å². The SMILES string of the molecule is Cc1cnc2c(c1)nc1ccccn12. The quantitative estimate of drug-likeness (QED) is 0.534. The predicted molar refractivity (Wildman–Crippen MR) is 55.2 cm³/mol. The van der Waals surface area contributed by atoms with E-state index in [-0.39, 0.29) is 0 Å². The Morgan fingerprint density at radius 2 is 2.21 bits per heavy atom. The van der Waals surface area contributed by atoms with E-state index in [1.54, 1.807) is 0 Å². The lowest BCUT2D eigenvalue weighted by atomic mass is 10.3. The van der Waals surface area contributed by atoms with Gasteiger partial charge in [0.25, 0.3) is 0 Å². The molecule has 0 aliphatic heterocycles. The molecule has 3 heteroatoms. The van der Waals surface area contributed by atoms with Gasteiger partial charge in [-0.2, -0.15) is 0 Å². The van der Waals surface area contributed by atoms with E-state index < -0.39 is 0 Å². The fraction of sp³-hybridized carbons (Fsp3) is 0.0909. The van der Waals surface area contributed by atoms with E-state index in [0.717, 1.165) is 22.4 Å². The first-order chi connectivity index (χ1) is 6.84. The van der Waals surface area contributed by atoms with Gasteiger partial charge in [0.2, 0.25) is 0 Å². The third kappa shape index (κ3) is 0.923. The molecule has 0 fully saturated rings. The molecule has 0 radical (unpaired) electrons. The Morgan fingerprint density at radius 3 is 3.14 bits per heavy atom. The average Bonchev–Trinajstić information content (AvgIpc) is 2.54. The maximum Gasteiger partial charge on any atom is 0.164 e. The number of rotatable bonds is 0. The van der Waals surface area contributed by atoms with Gasteiger partial charge in [-0.1, -0.05) is 6.07 Å². The minimum absolute atomic E-state index is 0.922. The van der Waals surface area contributed by atoms with Gasteiger partial charge in [-0.3, -0.25) is 4.40 Å². The Bertz CT molecular complexity index is 610. The molecule has 0 bridgehead atoms. The van der Waals surface area contributed by atoms with E-state index in [0.29, 0.717) is 0 Å². The van der Waals surface area contributed by atoms with E-state index in [1.165, 1.54) is 0 Å². The van der Waals surface area contributed by atoms with Crippen LogP contribution in [0.3, 0.4) is 0 Å². The number of fused-ring (bicyclic) bond motifs is 3. The van der Waals surface area contributed by atoms with Crippen LogP contribution in [0.5, 0.6) is 0 Å². The highest BCUT2D eigenvalue weighted by Gasteiger charge is 2.03. The molecule has 0 aliphatic rings. The van der Waals surface area contributed by atoms with Crippen LogP contribution in [-0.2, 0) is 0 Å². The third-order valence-corrected chi connectivity index (χ3v) is 2.29. The van der Waals surface area contributed by atoms with Crippen LogP contribution in [0, 0.1) is 6.92 Å². The molecule has 0 aliphatic carbocycles. The number of imidazole rings is 1. The molecule has 3 heterocycles. The van der Waals surface area contributed by atoms with Gasteiger partial charge in [0.15, 0.2) is 5.65 Å². The summed E-state index contributed by atoms with van der Waals surface area (Å²) in [4.78, 5) is 8.85. The van der Waals surface area contributed by atoms with Crippen LogP contribution >= 0.6 is 0 Å². The van der Waals surface area contributed by atoms with Crippen molar-refractivity contribution in [3.8, 4) is 0 Å². The van der Waals surface area contributed by atoms with Gasteiger partial charge < -0.3 is 0 Å². The zero-order valence-corrected chi connectivity index (χ0v) is 7.81. The van der Waals surface area contributed by atoms with Gasteiger partial charge in [0.1, 0.15) is 11.2 Å². The number of aromatic nitrogens is 3. The molecule has 3 aromatic rings. The molecule has 0 unspecified atom stereocenters. The van der Waals surface area contributed by atoms with Gasteiger partial charge in [-0.15, -0.1) is 0 Å². The summed E-state index contributed by atoms with van der Waals surface area (Å²) in [6.07, 6.45) is 3.84. The summed E-state index contributed by atoms with van der Waals surface area (Å²) in [7, 11) is 0. The van der Waals surface area contributed by atoms with E-state index in [2.05, 4.69) is 16.0 Å². The summed E-state index contributed by atoms with van der Waals surface area (Å²) in [6, 6.07) is 8.00. The molecule has 0 atom stereocenters. The van der Waals surface area contributed by atoms with Crippen LogP contribution in [0.4, 0.5) is 0 Å². The molecule has 0 N–H and O–H groups in total. The molecule has 0 spiro atoms. The number of nitrogens with zero attached hydrogens (tertiary/aromatic N) is 3. The zero-order valence-electron chi connectivity index (χ0n) is 7.81. The lowest BCUT2D eigenvalue weighted by Crippen LogP contribution is -1.85. The highest BCUT2D eigenvalue weighted by molar-refractivity contribution is 5.76. The summed E-state index contributed by atoms with van der Waals surface area (Å²) in [5.41, 5.74) is 3.96. The lowest BCUT2D eigenvalue weighted by molar-refractivity contribution is 1.18. The van der Waals surface area contributed by atoms with Gasteiger partial charge in [0.05, 0.1) is 0 Å². The van der Waals surface area contributed by atoms with Crippen LogP contribution in [0.1, 0.15) is 5.56 Å². The number of pyridine rings is 2. The smallest absolute Gasteiger partial charge is 0.164 e. The molecule has 14 heavy (non-hydrogen) atoms. The summed E-state index contributed by atoms with van der Waals surface area (Å²) in [6.45, 7) is 2.02. The number of aryl methyl sites for hydroxylation is 1. The first kappa shape index (κ1) is 7.50. The maximum atomic E-state index is 4.48. The minimum Gasteiger partial charge on any atom is -0.284 e. The second-order valence-electron chi connectivity index (χ2n) is 3.40. The summed E-state index contributed by atoms with van der Waals surface area (Å²) in [5.74, 6) is 0. The normalized spacial score (nSPS) is 11.2. The number of hydrogen-bond acceptors (Lipinski definition) is 2. The van der Waals surface area contributed by atoms with Crippen molar-refractivity contribution in [1.29, 1.82) is 0 Å². The average molecular weight is 183 g/mol. The first-order valence-corrected chi connectivity index (χ1v) is 4.54. The predicted octanol–water partition coefficient (Wildman–Crippen LogP) is 2.19. The van der Waals surface area contributed by atoms with Gasteiger partial charge in [-0.05, 0) is 30.7 Å². The summed E-state index contributed by atoms with van der Waals surface area (Å²) < 4.78 is 1.99. The Hall–Kier alpha value is -1.90. The van der Waals surface area contributed by atoms with E-state index in [4.69, 9.17) is 0 Å². The van der Waals surface area contributed by atoms with Gasteiger partial charge in [0, 0.05) is 12.4 Å². The van der Waals surface area contributed by atoms with Crippen molar-refractivity contribution in [2.24, 2.45) is 0 Å². The van der Waals surface area contributed by atoms with Crippen molar-refractivity contribution in [3.63, 3.8) is 0 Å². The third-order valence-electron chi connectivity index (χ3n) is 2.29. The monoisotopic (exact) mass is 183 g/mol. The van der Waals surface area contributed by atoms with Crippen molar-refractivity contribution in [2.45, 2.75) is 6.92 Å². The lowest BCUT2D eigenvalue weighted by Gasteiger charge is -1.93. The Labute approximate surface area is 81.0 Å². The van der Waals surface area contributed by atoms with Crippen LogP contribution in [0.25, 0.3) is 16.8 Å². The minimum atomic E-state index is 0.922. The van der Waals surface area contributed by atoms with Crippen LogP contribution in [0.15, 0.2) is 36.7 Å². The second kappa shape index (κ2) is 2.54. The van der Waals surface area contributed by atoms with E-state index in [1.807, 2.05) is 41.9 Å². The van der Waals surface area contributed by atoms with Crippen molar-refractivity contribution in [2.75, 3.05) is 0 Å². The summed E-state index contributed by atoms with van der Waals surface area (Å²) >= 11 is 0. The molecule has 3 rings (SSSR count). The zero-order chi connectivity index (χ0) is 9.54. The fourth-order valence-electron chi connectivity index (χ4n) is 1.64. The molecular formula is C11H9N3. The van der Waals surface area contributed by atoms with Crippen LogP contribution < -0.4 is 0 Å². The Kier molecular flexibility index (Phi) is 1.36. The molecule has 0 aromatic carbocycles. The summed E-state index contributed by atoms with van der Waals surface area (Å²) in [5, 5.41) is 0. The number of hydrogen-bond donors (Lipinski definition) is 0. The Morgan fingerprint density at radius 1 is 1.29 bits per heavy atom.